The first kappa shape index (κ1) is 12.6. The van der Waals surface area contributed by atoms with Crippen molar-refractivity contribution in [3.8, 4) is 5.75 Å². The molecule has 1 aromatic rings. The van der Waals surface area contributed by atoms with Gasteiger partial charge < -0.3 is 15.3 Å². The minimum Gasteiger partial charge on any atom is -0.508 e. The summed E-state index contributed by atoms with van der Waals surface area (Å²) in [5, 5.41) is 23.4. The normalized spacial score (nSPS) is 17.6. The molecule has 0 radical (unpaired) electrons. The lowest BCUT2D eigenvalue weighted by Crippen LogP contribution is -2.36. The van der Waals surface area contributed by atoms with Gasteiger partial charge in [-0.05, 0) is 45.1 Å². The number of nitro benzene ring substituents is 1. The molecule has 0 atom stereocenters. The monoisotopic (exact) mass is 251 g/mol. The fourth-order valence-corrected chi connectivity index (χ4v) is 2.17. The van der Waals surface area contributed by atoms with E-state index in [-0.39, 0.29) is 17.5 Å². The van der Waals surface area contributed by atoms with Gasteiger partial charge >= 0.3 is 0 Å². The van der Waals surface area contributed by atoms with E-state index in [1.807, 2.05) is 0 Å². The van der Waals surface area contributed by atoms with Crippen LogP contribution in [-0.4, -0.2) is 41.1 Å². The van der Waals surface area contributed by atoms with Gasteiger partial charge in [0, 0.05) is 6.04 Å². The predicted octanol–water partition coefficient (Wildman–Crippen LogP) is 1.81. The third-order valence-corrected chi connectivity index (χ3v) is 3.26. The van der Waals surface area contributed by atoms with Gasteiger partial charge in [-0.1, -0.05) is 0 Å². The molecule has 2 N–H and O–H groups in total. The lowest BCUT2D eigenvalue weighted by Gasteiger charge is -2.30. The van der Waals surface area contributed by atoms with Gasteiger partial charge in [0.05, 0.1) is 11.0 Å². The number of nitrogens with zero attached hydrogens (tertiary/aromatic N) is 2. The molecule has 1 saturated heterocycles. The number of phenols is 1. The number of rotatable bonds is 3. The fraction of sp³-hybridized carbons (Fsp3) is 0.500. The van der Waals surface area contributed by atoms with E-state index in [4.69, 9.17) is 0 Å². The largest absolute Gasteiger partial charge is 0.508 e. The van der Waals surface area contributed by atoms with Crippen molar-refractivity contribution in [1.29, 1.82) is 0 Å². The molecule has 0 amide bonds. The Bertz CT molecular complexity index is 442. The molecule has 18 heavy (non-hydrogen) atoms. The first-order chi connectivity index (χ1) is 8.56. The van der Waals surface area contributed by atoms with Crippen molar-refractivity contribution in [2.45, 2.75) is 18.9 Å². The first-order valence-corrected chi connectivity index (χ1v) is 5.99. The molecule has 6 heteroatoms. The molecule has 0 spiro atoms. The average Bonchev–Trinajstić information content (AvgIpc) is 2.34. The summed E-state index contributed by atoms with van der Waals surface area (Å²) in [5.41, 5.74) is 0.404. The number of anilines is 1. The summed E-state index contributed by atoms with van der Waals surface area (Å²) in [7, 11) is 2.07. The summed E-state index contributed by atoms with van der Waals surface area (Å²) >= 11 is 0. The van der Waals surface area contributed by atoms with Crippen molar-refractivity contribution in [3.05, 3.63) is 28.3 Å². The lowest BCUT2D eigenvalue weighted by atomic mass is 10.0. The van der Waals surface area contributed by atoms with E-state index < -0.39 is 4.92 Å². The first-order valence-electron chi connectivity index (χ1n) is 5.99. The van der Waals surface area contributed by atoms with Gasteiger partial charge in [-0.2, -0.15) is 0 Å². The van der Waals surface area contributed by atoms with Gasteiger partial charge in [0.15, 0.2) is 0 Å². The standard InChI is InChI=1S/C12H17N3O3/c1-14-6-4-9(5-7-14)13-11-3-2-10(16)8-12(11)15(17)18/h2-3,8-9,13,16H,4-7H2,1H3. The quantitative estimate of drug-likeness (QED) is 0.486. The van der Waals surface area contributed by atoms with Crippen molar-refractivity contribution in [1.82, 2.24) is 4.90 Å². The molecule has 0 unspecified atom stereocenters. The Balaban J connectivity index is 2.11. The predicted molar refractivity (Wildman–Crippen MR) is 68.9 cm³/mol. The number of aromatic hydroxyl groups is 1. The Hall–Kier alpha value is -1.82. The SMILES string of the molecule is CN1CCC(Nc2ccc(O)cc2[N+](=O)[O-])CC1. The zero-order valence-electron chi connectivity index (χ0n) is 10.3. The highest BCUT2D eigenvalue weighted by Crippen LogP contribution is 2.29. The molecular weight excluding hydrogens is 234 g/mol. The van der Waals surface area contributed by atoms with Gasteiger partial charge in [0.2, 0.25) is 0 Å². The van der Waals surface area contributed by atoms with Gasteiger partial charge in [0.25, 0.3) is 5.69 Å². The molecule has 0 aliphatic carbocycles. The Morgan fingerprint density at radius 2 is 2.11 bits per heavy atom. The molecule has 2 rings (SSSR count). The molecule has 6 nitrogen and oxygen atoms in total. The van der Waals surface area contributed by atoms with E-state index in [9.17, 15) is 15.2 Å². The van der Waals surface area contributed by atoms with Crippen LogP contribution in [0.2, 0.25) is 0 Å². The van der Waals surface area contributed by atoms with E-state index >= 15 is 0 Å². The smallest absolute Gasteiger partial charge is 0.296 e. The molecular formula is C12H17N3O3. The molecule has 98 valence electrons. The second kappa shape index (κ2) is 5.22. The van der Waals surface area contributed by atoms with E-state index in [0.717, 1.165) is 25.9 Å². The third kappa shape index (κ3) is 2.89. The number of likely N-dealkylation sites (tertiary alicyclic amines) is 1. The van der Waals surface area contributed by atoms with Gasteiger partial charge in [0.1, 0.15) is 11.4 Å². The number of piperidine rings is 1. The number of hydrogen-bond donors (Lipinski definition) is 2. The zero-order valence-corrected chi connectivity index (χ0v) is 10.3. The number of nitro groups is 1. The van der Waals surface area contributed by atoms with E-state index in [1.165, 1.54) is 12.1 Å². The Morgan fingerprint density at radius 1 is 1.44 bits per heavy atom. The van der Waals surface area contributed by atoms with Crippen molar-refractivity contribution in [2.75, 3.05) is 25.5 Å². The average molecular weight is 251 g/mol. The Morgan fingerprint density at radius 3 is 2.72 bits per heavy atom. The van der Waals surface area contributed by atoms with Crippen LogP contribution in [0.1, 0.15) is 12.8 Å². The molecule has 1 aliphatic heterocycles. The highest BCUT2D eigenvalue weighted by atomic mass is 16.6. The number of nitrogens with one attached hydrogen (secondary N) is 1. The zero-order chi connectivity index (χ0) is 13.1. The number of benzene rings is 1. The summed E-state index contributed by atoms with van der Waals surface area (Å²) in [6.45, 7) is 1.98. The van der Waals surface area contributed by atoms with E-state index in [0.29, 0.717) is 5.69 Å². The van der Waals surface area contributed by atoms with Gasteiger partial charge in [-0.25, -0.2) is 0 Å². The number of phenolic OH excluding ortho intramolecular Hbond substituents is 1. The topological polar surface area (TPSA) is 78.6 Å². The fourth-order valence-electron chi connectivity index (χ4n) is 2.17. The van der Waals surface area contributed by atoms with Crippen LogP contribution in [0.4, 0.5) is 11.4 Å². The maximum Gasteiger partial charge on any atom is 0.296 e. The van der Waals surface area contributed by atoms with Crippen molar-refractivity contribution in [3.63, 3.8) is 0 Å². The molecule has 0 saturated carbocycles. The molecule has 0 bridgehead atoms. The van der Waals surface area contributed by atoms with E-state index in [1.54, 1.807) is 6.07 Å². The summed E-state index contributed by atoms with van der Waals surface area (Å²) in [6, 6.07) is 4.46. The van der Waals surface area contributed by atoms with Crippen LogP contribution in [0.25, 0.3) is 0 Å². The molecule has 1 aromatic carbocycles. The van der Waals surface area contributed by atoms with Crippen LogP contribution in [0.3, 0.4) is 0 Å². The van der Waals surface area contributed by atoms with Crippen molar-refractivity contribution >= 4 is 11.4 Å². The molecule has 1 fully saturated rings. The third-order valence-electron chi connectivity index (χ3n) is 3.26. The summed E-state index contributed by atoms with van der Waals surface area (Å²) in [4.78, 5) is 12.7. The summed E-state index contributed by atoms with van der Waals surface area (Å²) in [5.74, 6) is -0.0874. The maximum absolute atomic E-state index is 10.9. The van der Waals surface area contributed by atoms with Crippen molar-refractivity contribution < 1.29 is 10.0 Å². The van der Waals surface area contributed by atoms with Crippen molar-refractivity contribution in [2.24, 2.45) is 0 Å². The van der Waals surface area contributed by atoms with Gasteiger partial charge in [-0.15, -0.1) is 0 Å². The highest BCUT2D eigenvalue weighted by molar-refractivity contribution is 5.64. The minimum absolute atomic E-state index is 0.0751. The van der Waals surface area contributed by atoms with Crippen LogP contribution in [0.15, 0.2) is 18.2 Å². The second-order valence-electron chi connectivity index (χ2n) is 4.68. The lowest BCUT2D eigenvalue weighted by molar-refractivity contribution is -0.384. The molecule has 0 aromatic heterocycles. The van der Waals surface area contributed by atoms with Crippen LogP contribution in [0, 0.1) is 10.1 Å². The van der Waals surface area contributed by atoms with Gasteiger partial charge in [-0.3, -0.25) is 10.1 Å². The summed E-state index contributed by atoms with van der Waals surface area (Å²) in [6.07, 6.45) is 1.93. The summed E-state index contributed by atoms with van der Waals surface area (Å²) < 4.78 is 0. The van der Waals surface area contributed by atoms with Crippen LogP contribution in [-0.2, 0) is 0 Å². The molecule has 1 aliphatic rings. The Labute approximate surface area is 105 Å². The highest BCUT2D eigenvalue weighted by Gasteiger charge is 2.20. The number of hydrogen-bond acceptors (Lipinski definition) is 5. The van der Waals surface area contributed by atoms with Crippen LogP contribution < -0.4 is 5.32 Å². The minimum atomic E-state index is -0.475. The van der Waals surface area contributed by atoms with Crippen LogP contribution >= 0.6 is 0 Å². The Kier molecular flexibility index (Phi) is 3.66. The van der Waals surface area contributed by atoms with Crippen LogP contribution in [0.5, 0.6) is 5.75 Å². The molecule has 1 heterocycles. The second-order valence-corrected chi connectivity index (χ2v) is 4.68. The maximum atomic E-state index is 10.9. The van der Waals surface area contributed by atoms with E-state index in [2.05, 4.69) is 17.3 Å².